The van der Waals surface area contributed by atoms with Crippen LogP contribution in [0.15, 0.2) is 60.8 Å². The number of hydrogen-bond acceptors (Lipinski definition) is 5. The maximum atomic E-state index is 12.7. The lowest BCUT2D eigenvalue weighted by Gasteiger charge is -2.21. The molecule has 2 amide bonds. The molecule has 32 heavy (non-hydrogen) atoms. The van der Waals surface area contributed by atoms with E-state index in [0.717, 1.165) is 22.0 Å². The zero-order chi connectivity index (χ0) is 23.1. The van der Waals surface area contributed by atoms with E-state index < -0.39 is 35.9 Å². The van der Waals surface area contributed by atoms with Gasteiger partial charge in [0.15, 0.2) is 0 Å². The van der Waals surface area contributed by atoms with Crippen molar-refractivity contribution in [3.05, 3.63) is 71.9 Å². The summed E-state index contributed by atoms with van der Waals surface area (Å²) >= 11 is 4.14. The fourth-order valence-corrected chi connectivity index (χ4v) is 3.68. The van der Waals surface area contributed by atoms with Gasteiger partial charge in [-0.3, -0.25) is 9.59 Å². The second-order valence-electron chi connectivity index (χ2n) is 7.50. The third-order valence-corrected chi connectivity index (χ3v) is 5.53. The number of carboxylic acids is 1. The monoisotopic (exact) mass is 454 g/mol. The molecule has 3 atom stereocenters. The fraction of sp³-hybridized carbons (Fsp3) is 0.261. The first kappa shape index (κ1) is 23.4. The molecule has 6 N–H and O–H groups in total. The van der Waals surface area contributed by atoms with Crippen molar-refractivity contribution in [1.82, 2.24) is 15.6 Å². The highest BCUT2D eigenvalue weighted by atomic mass is 32.1. The number of fused-ring (bicyclic) bond motifs is 1. The predicted molar refractivity (Wildman–Crippen MR) is 125 cm³/mol. The minimum absolute atomic E-state index is 0.00491. The van der Waals surface area contributed by atoms with Gasteiger partial charge < -0.3 is 26.5 Å². The Morgan fingerprint density at radius 3 is 2.28 bits per heavy atom. The molecule has 0 radical (unpaired) electrons. The third kappa shape index (κ3) is 5.89. The maximum Gasteiger partial charge on any atom is 0.326 e. The number of rotatable bonds is 10. The van der Waals surface area contributed by atoms with Gasteiger partial charge in [0.05, 0.1) is 6.04 Å². The Labute approximate surface area is 191 Å². The summed E-state index contributed by atoms with van der Waals surface area (Å²) in [4.78, 5) is 40.1. The second-order valence-corrected chi connectivity index (χ2v) is 7.87. The van der Waals surface area contributed by atoms with E-state index in [9.17, 15) is 19.5 Å². The lowest BCUT2D eigenvalue weighted by molar-refractivity contribution is -0.142. The fourth-order valence-electron chi connectivity index (χ4n) is 3.43. The highest BCUT2D eigenvalue weighted by molar-refractivity contribution is 7.80. The number of nitrogens with two attached hydrogens (primary N) is 1. The van der Waals surface area contributed by atoms with Crippen molar-refractivity contribution in [1.29, 1.82) is 0 Å². The first-order valence-corrected chi connectivity index (χ1v) is 10.8. The Balaban J connectivity index is 1.62. The van der Waals surface area contributed by atoms with Crippen molar-refractivity contribution in [2.24, 2.45) is 5.73 Å². The topological polar surface area (TPSA) is 137 Å². The Bertz CT molecular complexity index is 1090. The number of aromatic amines is 1. The number of aliphatic carboxylic acids is 1. The van der Waals surface area contributed by atoms with Crippen LogP contribution in [-0.4, -0.2) is 51.8 Å². The quantitative estimate of drug-likeness (QED) is 0.256. The molecule has 8 nitrogen and oxygen atoms in total. The molecule has 0 spiro atoms. The van der Waals surface area contributed by atoms with Crippen molar-refractivity contribution in [3.8, 4) is 0 Å². The Morgan fingerprint density at radius 2 is 1.59 bits per heavy atom. The van der Waals surface area contributed by atoms with Crippen LogP contribution in [0.3, 0.4) is 0 Å². The normalized spacial score (nSPS) is 13.8. The maximum absolute atomic E-state index is 12.7. The van der Waals surface area contributed by atoms with Gasteiger partial charge in [-0.05, 0) is 23.6 Å². The van der Waals surface area contributed by atoms with Crippen molar-refractivity contribution in [3.63, 3.8) is 0 Å². The van der Waals surface area contributed by atoms with Crippen LogP contribution in [0.5, 0.6) is 0 Å². The molecule has 1 heterocycles. The summed E-state index contributed by atoms with van der Waals surface area (Å²) in [6.07, 6.45) is 2.13. The summed E-state index contributed by atoms with van der Waals surface area (Å²) in [5.41, 5.74) is 8.52. The summed E-state index contributed by atoms with van der Waals surface area (Å²) in [7, 11) is 0. The number of benzene rings is 2. The van der Waals surface area contributed by atoms with Crippen LogP contribution in [0.2, 0.25) is 0 Å². The van der Waals surface area contributed by atoms with Gasteiger partial charge in [0.1, 0.15) is 12.1 Å². The Kier molecular flexibility index (Phi) is 7.91. The largest absolute Gasteiger partial charge is 0.480 e. The minimum Gasteiger partial charge on any atom is -0.480 e. The van der Waals surface area contributed by atoms with Crippen molar-refractivity contribution >= 4 is 41.3 Å². The van der Waals surface area contributed by atoms with E-state index in [2.05, 4.69) is 28.2 Å². The molecule has 0 aliphatic carbocycles. The average molecular weight is 455 g/mol. The van der Waals surface area contributed by atoms with Crippen LogP contribution in [0.1, 0.15) is 11.1 Å². The van der Waals surface area contributed by atoms with Gasteiger partial charge >= 0.3 is 5.97 Å². The van der Waals surface area contributed by atoms with Crippen LogP contribution >= 0.6 is 12.6 Å². The molecule has 2 aromatic carbocycles. The zero-order valence-corrected chi connectivity index (χ0v) is 18.2. The molecule has 0 saturated heterocycles. The number of carboxylic acid groups (broad SMARTS) is 1. The van der Waals surface area contributed by atoms with E-state index in [4.69, 9.17) is 5.73 Å². The summed E-state index contributed by atoms with van der Waals surface area (Å²) in [6, 6.07) is 13.8. The van der Waals surface area contributed by atoms with Gasteiger partial charge in [-0.1, -0.05) is 48.5 Å². The summed E-state index contributed by atoms with van der Waals surface area (Å²) in [5.74, 6) is -2.32. The van der Waals surface area contributed by atoms with Crippen LogP contribution in [-0.2, 0) is 27.2 Å². The average Bonchev–Trinajstić information content (AvgIpc) is 3.20. The molecule has 9 heteroatoms. The van der Waals surface area contributed by atoms with E-state index in [1.54, 1.807) is 6.20 Å². The SMILES string of the molecule is N[C@@H](Cc1ccccc1)C(=O)N[C@@H](CS)C(=O)N[C@@H](Cc1c[nH]c2ccccc12)C(=O)O. The number of H-pyrrole nitrogens is 1. The molecule has 0 bridgehead atoms. The van der Waals surface area contributed by atoms with Crippen LogP contribution in [0, 0.1) is 0 Å². The first-order chi connectivity index (χ1) is 15.4. The molecule has 0 aliphatic heterocycles. The number of carbonyl (C=O) groups is 3. The third-order valence-electron chi connectivity index (χ3n) is 5.16. The van der Waals surface area contributed by atoms with Crippen molar-refractivity contribution in [2.45, 2.75) is 31.0 Å². The Morgan fingerprint density at radius 1 is 0.938 bits per heavy atom. The minimum atomic E-state index is -1.17. The predicted octanol–water partition coefficient (Wildman–Crippen LogP) is 1.26. The standard InChI is InChI=1S/C23H26N4O4S/c24-17(10-14-6-2-1-3-7-14)21(28)27-20(13-32)22(29)26-19(23(30)31)11-15-12-25-18-9-5-4-8-16(15)18/h1-9,12,17,19-20,25,32H,10-11,13,24H2,(H,26,29)(H,27,28)(H,30,31)/t17-,19-,20-/m0/s1. The number of nitrogens with one attached hydrogen (secondary N) is 3. The van der Waals surface area contributed by atoms with Crippen LogP contribution in [0.4, 0.5) is 0 Å². The van der Waals surface area contributed by atoms with E-state index in [1.165, 1.54) is 0 Å². The number of aromatic nitrogens is 1. The molecule has 1 aromatic heterocycles. The van der Waals surface area contributed by atoms with Crippen LogP contribution in [0.25, 0.3) is 10.9 Å². The van der Waals surface area contributed by atoms with Gasteiger partial charge in [-0.25, -0.2) is 4.79 Å². The summed E-state index contributed by atoms with van der Waals surface area (Å²) in [6.45, 7) is 0. The number of para-hydroxylation sites is 1. The van der Waals surface area contributed by atoms with Crippen LogP contribution < -0.4 is 16.4 Å². The van der Waals surface area contributed by atoms with E-state index in [1.807, 2.05) is 54.6 Å². The molecular weight excluding hydrogens is 428 g/mol. The van der Waals surface area contributed by atoms with Gasteiger partial charge in [-0.2, -0.15) is 12.6 Å². The molecule has 168 valence electrons. The molecule has 0 saturated carbocycles. The van der Waals surface area contributed by atoms with E-state index in [0.29, 0.717) is 6.42 Å². The number of hydrogen-bond donors (Lipinski definition) is 6. The molecule has 0 fully saturated rings. The van der Waals surface area contributed by atoms with Crippen molar-refractivity contribution in [2.75, 3.05) is 5.75 Å². The van der Waals surface area contributed by atoms with Gasteiger partial charge in [0, 0.05) is 29.3 Å². The molecule has 0 unspecified atom stereocenters. The molecular formula is C23H26N4O4S. The van der Waals surface area contributed by atoms with Gasteiger partial charge in [0.25, 0.3) is 0 Å². The highest BCUT2D eigenvalue weighted by Crippen LogP contribution is 2.19. The molecule has 3 aromatic rings. The van der Waals surface area contributed by atoms with Crippen molar-refractivity contribution < 1.29 is 19.5 Å². The number of carbonyl (C=O) groups excluding carboxylic acids is 2. The second kappa shape index (κ2) is 10.8. The van der Waals surface area contributed by atoms with Gasteiger partial charge in [0.2, 0.25) is 11.8 Å². The lowest BCUT2D eigenvalue weighted by Crippen LogP contribution is -2.55. The first-order valence-electron chi connectivity index (χ1n) is 10.2. The summed E-state index contributed by atoms with van der Waals surface area (Å²) in [5, 5.41) is 15.6. The molecule has 3 rings (SSSR count). The number of thiol groups is 1. The smallest absolute Gasteiger partial charge is 0.326 e. The zero-order valence-electron chi connectivity index (χ0n) is 17.3. The number of amides is 2. The Hall–Kier alpha value is -3.30. The lowest BCUT2D eigenvalue weighted by atomic mass is 10.0. The highest BCUT2D eigenvalue weighted by Gasteiger charge is 2.28. The molecule has 0 aliphatic rings. The summed E-state index contributed by atoms with van der Waals surface area (Å²) < 4.78 is 0. The van der Waals surface area contributed by atoms with Gasteiger partial charge in [-0.15, -0.1) is 0 Å². The van der Waals surface area contributed by atoms with E-state index in [-0.39, 0.29) is 12.2 Å². The van der Waals surface area contributed by atoms with E-state index >= 15 is 0 Å².